The molecule has 0 aliphatic rings. The molecule has 162 valence electrons. The summed E-state index contributed by atoms with van der Waals surface area (Å²) in [6.07, 6.45) is 5.68. The number of ether oxygens (including phenoxy) is 2. The Morgan fingerprint density at radius 1 is 1.03 bits per heavy atom. The third kappa shape index (κ3) is 8.93. The van der Waals surface area contributed by atoms with Crippen molar-refractivity contribution in [1.29, 1.82) is 0 Å². The summed E-state index contributed by atoms with van der Waals surface area (Å²) in [7, 11) is 1.93. The number of halogens is 1. The van der Waals surface area contributed by atoms with E-state index in [0.29, 0.717) is 19.8 Å². The third-order valence-corrected chi connectivity index (χ3v) is 4.09. The largest absolute Gasteiger partial charge is 0.490 e. The van der Waals surface area contributed by atoms with Gasteiger partial charge in [0.15, 0.2) is 17.5 Å². The van der Waals surface area contributed by atoms with Crippen LogP contribution in [0.5, 0.6) is 11.5 Å². The zero-order valence-corrected chi connectivity index (χ0v) is 20.2. The summed E-state index contributed by atoms with van der Waals surface area (Å²) >= 11 is 0. The number of hydrogen-bond donors (Lipinski definition) is 2. The van der Waals surface area contributed by atoms with Gasteiger partial charge in [0.05, 0.1) is 19.4 Å². The Morgan fingerprint density at radius 3 is 2.45 bits per heavy atom. The van der Waals surface area contributed by atoms with E-state index >= 15 is 0 Å². The van der Waals surface area contributed by atoms with Crippen molar-refractivity contribution >= 4 is 29.9 Å². The standard InChI is InChI=1S/C21H33N5O2.HI/c1-5-22-21(24-13-11-18-15-25-26(4)16-18)23-12-10-17-8-9-19(27-6-2)20(14-17)28-7-3;/h8-9,14-16H,5-7,10-13H2,1-4H3,(H2,22,23,24);1H. The van der Waals surface area contributed by atoms with Gasteiger partial charge in [-0.15, -0.1) is 24.0 Å². The Kier molecular flexibility index (Phi) is 12.2. The molecule has 0 saturated carbocycles. The molecule has 0 amide bonds. The Morgan fingerprint density at radius 2 is 1.79 bits per heavy atom. The summed E-state index contributed by atoms with van der Waals surface area (Å²) in [5, 5.41) is 10.9. The topological polar surface area (TPSA) is 72.7 Å². The molecule has 0 bridgehead atoms. The lowest BCUT2D eigenvalue weighted by atomic mass is 10.1. The fourth-order valence-corrected chi connectivity index (χ4v) is 2.82. The lowest BCUT2D eigenvalue weighted by Gasteiger charge is -2.13. The van der Waals surface area contributed by atoms with E-state index in [1.165, 1.54) is 11.1 Å². The highest BCUT2D eigenvalue weighted by molar-refractivity contribution is 14.0. The molecule has 2 N–H and O–H groups in total. The monoisotopic (exact) mass is 515 g/mol. The van der Waals surface area contributed by atoms with Gasteiger partial charge in [0.2, 0.25) is 0 Å². The first-order valence-electron chi connectivity index (χ1n) is 10.0. The molecule has 0 spiro atoms. The van der Waals surface area contributed by atoms with Crippen LogP contribution in [-0.4, -0.2) is 48.6 Å². The van der Waals surface area contributed by atoms with Gasteiger partial charge < -0.3 is 20.1 Å². The molecule has 0 atom stereocenters. The quantitative estimate of drug-likeness (QED) is 0.273. The van der Waals surface area contributed by atoms with Gasteiger partial charge in [-0.1, -0.05) is 6.07 Å². The predicted molar refractivity (Wildman–Crippen MR) is 129 cm³/mol. The van der Waals surface area contributed by atoms with E-state index in [-0.39, 0.29) is 24.0 Å². The molecular formula is C21H34IN5O2. The molecule has 2 aromatic rings. The number of aromatic nitrogens is 2. The Balaban J connectivity index is 0.00000420. The molecule has 1 heterocycles. The van der Waals surface area contributed by atoms with Crippen LogP contribution in [0, 0.1) is 0 Å². The molecule has 0 radical (unpaired) electrons. The van der Waals surface area contributed by atoms with Crippen LogP contribution < -0.4 is 20.1 Å². The molecule has 0 saturated heterocycles. The molecule has 29 heavy (non-hydrogen) atoms. The second-order valence-electron chi connectivity index (χ2n) is 6.36. The molecular weight excluding hydrogens is 481 g/mol. The average molecular weight is 515 g/mol. The minimum absolute atomic E-state index is 0. The first-order chi connectivity index (χ1) is 13.7. The molecule has 0 unspecified atom stereocenters. The molecule has 0 aliphatic heterocycles. The van der Waals surface area contributed by atoms with Crippen LogP contribution in [0.2, 0.25) is 0 Å². The molecule has 0 aliphatic carbocycles. The maximum absolute atomic E-state index is 5.70. The van der Waals surface area contributed by atoms with Crippen LogP contribution in [0.3, 0.4) is 0 Å². The van der Waals surface area contributed by atoms with E-state index in [4.69, 9.17) is 9.47 Å². The van der Waals surface area contributed by atoms with Crippen molar-refractivity contribution in [2.45, 2.75) is 33.6 Å². The van der Waals surface area contributed by atoms with Crippen LogP contribution in [0.4, 0.5) is 0 Å². The Bertz CT molecular complexity index is 748. The van der Waals surface area contributed by atoms with Gasteiger partial charge in [0, 0.05) is 32.9 Å². The van der Waals surface area contributed by atoms with Gasteiger partial charge >= 0.3 is 0 Å². The van der Waals surface area contributed by atoms with E-state index < -0.39 is 0 Å². The van der Waals surface area contributed by atoms with Gasteiger partial charge in [0.1, 0.15) is 0 Å². The van der Waals surface area contributed by atoms with E-state index in [1.54, 1.807) is 0 Å². The molecule has 0 fully saturated rings. The van der Waals surface area contributed by atoms with Crippen LogP contribution in [0.1, 0.15) is 31.9 Å². The van der Waals surface area contributed by atoms with Crippen molar-refractivity contribution < 1.29 is 9.47 Å². The van der Waals surface area contributed by atoms with Gasteiger partial charge in [0.25, 0.3) is 0 Å². The number of hydrogen-bond acceptors (Lipinski definition) is 4. The number of nitrogens with zero attached hydrogens (tertiary/aromatic N) is 3. The van der Waals surface area contributed by atoms with Crippen molar-refractivity contribution in [3.05, 3.63) is 41.7 Å². The normalized spacial score (nSPS) is 11.0. The molecule has 8 heteroatoms. The lowest BCUT2D eigenvalue weighted by molar-refractivity contribution is 0.287. The van der Waals surface area contributed by atoms with E-state index in [9.17, 15) is 0 Å². The summed E-state index contributed by atoms with van der Waals surface area (Å²) in [4.78, 5) is 4.68. The first kappa shape index (κ1) is 25.1. The second-order valence-corrected chi connectivity index (χ2v) is 6.36. The number of nitrogens with one attached hydrogen (secondary N) is 2. The first-order valence-corrected chi connectivity index (χ1v) is 10.0. The molecule has 2 rings (SSSR count). The minimum Gasteiger partial charge on any atom is -0.490 e. The number of aliphatic imine (C=N–C) groups is 1. The highest BCUT2D eigenvalue weighted by atomic mass is 127. The van der Waals surface area contributed by atoms with Crippen LogP contribution in [-0.2, 0) is 19.9 Å². The van der Waals surface area contributed by atoms with E-state index in [2.05, 4.69) is 33.7 Å². The maximum atomic E-state index is 5.70. The third-order valence-electron chi connectivity index (χ3n) is 4.09. The van der Waals surface area contributed by atoms with Gasteiger partial charge in [-0.05, 0) is 56.9 Å². The molecule has 1 aromatic carbocycles. The van der Waals surface area contributed by atoms with Crippen LogP contribution >= 0.6 is 24.0 Å². The van der Waals surface area contributed by atoms with Crippen molar-refractivity contribution in [3.8, 4) is 11.5 Å². The zero-order valence-electron chi connectivity index (χ0n) is 17.9. The van der Waals surface area contributed by atoms with Gasteiger partial charge in [-0.25, -0.2) is 0 Å². The Labute approximate surface area is 191 Å². The summed E-state index contributed by atoms with van der Waals surface area (Å²) in [6, 6.07) is 6.10. The summed E-state index contributed by atoms with van der Waals surface area (Å²) in [5.41, 5.74) is 2.39. The van der Waals surface area contributed by atoms with Gasteiger partial charge in [-0.3, -0.25) is 9.67 Å². The SMILES string of the molecule is CCNC(=NCCc1ccc(OCC)c(OCC)c1)NCCc1cnn(C)c1.I. The summed E-state index contributed by atoms with van der Waals surface area (Å²) in [5.74, 6) is 2.43. The highest BCUT2D eigenvalue weighted by Gasteiger charge is 2.06. The lowest BCUT2D eigenvalue weighted by Crippen LogP contribution is -2.38. The number of aryl methyl sites for hydroxylation is 1. The maximum Gasteiger partial charge on any atom is 0.191 e. The predicted octanol–water partition coefficient (Wildman–Crippen LogP) is 3.18. The van der Waals surface area contributed by atoms with E-state index in [1.807, 2.05) is 50.1 Å². The van der Waals surface area contributed by atoms with Crippen molar-refractivity contribution in [2.75, 3.05) is 32.8 Å². The molecule has 1 aromatic heterocycles. The summed E-state index contributed by atoms with van der Waals surface area (Å²) < 4.78 is 13.1. The fraction of sp³-hybridized carbons (Fsp3) is 0.524. The Hall–Kier alpha value is -1.97. The minimum atomic E-state index is 0. The zero-order chi connectivity index (χ0) is 20.2. The van der Waals surface area contributed by atoms with Crippen molar-refractivity contribution in [1.82, 2.24) is 20.4 Å². The highest BCUT2D eigenvalue weighted by Crippen LogP contribution is 2.28. The second kappa shape index (κ2) is 14.1. The van der Waals surface area contributed by atoms with Crippen molar-refractivity contribution in [3.63, 3.8) is 0 Å². The van der Waals surface area contributed by atoms with Gasteiger partial charge in [-0.2, -0.15) is 5.10 Å². The fourth-order valence-electron chi connectivity index (χ4n) is 2.82. The number of benzene rings is 1. The number of guanidine groups is 1. The smallest absolute Gasteiger partial charge is 0.191 e. The number of rotatable bonds is 11. The van der Waals surface area contributed by atoms with Crippen LogP contribution in [0.15, 0.2) is 35.6 Å². The molecule has 7 nitrogen and oxygen atoms in total. The van der Waals surface area contributed by atoms with E-state index in [0.717, 1.165) is 43.4 Å². The summed E-state index contributed by atoms with van der Waals surface area (Å²) in [6.45, 7) is 9.61. The van der Waals surface area contributed by atoms with Crippen molar-refractivity contribution in [2.24, 2.45) is 12.0 Å². The average Bonchev–Trinajstić information content (AvgIpc) is 3.09. The van der Waals surface area contributed by atoms with Crippen LogP contribution in [0.25, 0.3) is 0 Å².